The third-order valence-corrected chi connectivity index (χ3v) is 1.55. The zero-order chi connectivity index (χ0) is 7.56. The van der Waals surface area contributed by atoms with Gasteiger partial charge in [-0.25, -0.2) is 0 Å². The van der Waals surface area contributed by atoms with Gasteiger partial charge in [-0.05, 0) is 19.1 Å². The molecule has 5 heteroatoms. The summed E-state index contributed by atoms with van der Waals surface area (Å²) in [5.74, 6) is 0. The molecule has 1 aromatic carbocycles. The third kappa shape index (κ3) is 6.40. The Morgan fingerprint density at radius 1 is 0.857 bits per heavy atom. The van der Waals surface area contributed by atoms with Crippen molar-refractivity contribution >= 4 is 14.1 Å². The van der Waals surface area contributed by atoms with Crippen molar-refractivity contribution in [1.29, 1.82) is 0 Å². The summed E-state index contributed by atoms with van der Waals surface area (Å²) in [7, 11) is 4.09. The molecule has 0 N–H and O–H groups in total. The minimum absolute atomic E-state index is 0. The SMILES string of the molecule is Cc1ccc(N(C)C)cc1.[B+3].[F-].[F-].[F-]. The second-order valence-corrected chi connectivity index (χ2v) is 2.73. The summed E-state index contributed by atoms with van der Waals surface area (Å²) in [6.07, 6.45) is 0. The van der Waals surface area contributed by atoms with Crippen LogP contribution in [0.15, 0.2) is 24.3 Å². The minimum Gasteiger partial charge on any atom is -1.00 e. The zero-order valence-electron chi connectivity index (χ0n) is 8.47. The summed E-state index contributed by atoms with van der Waals surface area (Å²) in [4.78, 5) is 2.10. The number of rotatable bonds is 1. The van der Waals surface area contributed by atoms with E-state index >= 15 is 0 Å². The number of anilines is 1. The third-order valence-electron chi connectivity index (χ3n) is 1.55. The van der Waals surface area contributed by atoms with Gasteiger partial charge in [0.15, 0.2) is 0 Å². The number of nitrogens with zero attached hydrogens (tertiary/aromatic N) is 1. The van der Waals surface area contributed by atoms with Crippen LogP contribution >= 0.6 is 0 Å². The Morgan fingerprint density at radius 3 is 1.50 bits per heavy atom. The molecule has 0 saturated carbocycles. The van der Waals surface area contributed by atoms with Gasteiger partial charge in [-0.15, -0.1) is 0 Å². The molecule has 0 aliphatic rings. The van der Waals surface area contributed by atoms with Crippen molar-refractivity contribution in [2.75, 3.05) is 19.0 Å². The molecule has 0 unspecified atom stereocenters. The van der Waals surface area contributed by atoms with E-state index in [1.54, 1.807) is 0 Å². The number of hydrogen-bond donors (Lipinski definition) is 0. The Morgan fingerprint density at radius 2 is 1.21 bits per heavy atom. The van der Waals surface area contributed by atoms with Crippen molar-refractivity contribution in [3.05, 3.63) is 29.8 Å². The average Bonchev–Trinajstić information content (AvgIpc) is 1.88. The molecule has 1 nitrogen and oxygen atoms in total. The predicted octanol–water partition coefficient (Wildman–Crippen LogP) is -7.31. The largest absolute Gasteiger partial charge is 3.00 e. The van der Waals surface area contributed by atoms with Crippen LogP contribution in [0.2, 0.25) is 0 Å². The molecule has 0 atom stereocenters. The van der Waals surface area contributed by atoms with Gasteiger partial charge in [0.2, 0.25) is 0 Å². The molecular weight excluding hydrogens is 190 g/mol. The summed E-state index contributed by atoms with van der Waals surface area (Å²) in [6.45, 7) is 2.10. The Hall–Kier alpha value is -1.13. The molecule has 0 fully saturated rings. The summed E-state index contributed by atoms with van der Waals surface area (Å²) in [5.41, 5.74) is 2.57. The van der Waals surface area contributed by atoms with Crippen LogP contribution in [0.4, 0.5) is 5.69 Å². The molecule has 78 valence electrons. The number of hydrogen-bond acceptors (Lipinski definition) is 1. The Balaban J connectivity index is -0.000000125. The topological polar surface area (TPSA) is 3.24 Å². The van der Waals surface area contributed by atoms with E-state index in [2.05, 4.69) is 36.1 Å². The summed E-state index contributed by atoms with van der Waals surface area (Å²) in [6, 6.07) is 8.48. The van der Waals surface area contributed by atoms with E-state index in [0.717, 1.165) is 0 Å². The van der Waals surface area contributed by atoms with Gasteiger partial charge in [0, 0.05) is 19.8 Å². The molecule has 0 spiro atoms. The van der Waals surface area contributed by atoms with Crippen LogP contribution in [0.3, 0.4) is 0 Å². The molecule has 0 amide bonds. The van der Waals surface area contributed by atoms with Gasteiger partial charge in [0.1, 0.15) is 0 Å². The second-order valence-electron chi connectivity index (χ2n) is 2.73. The van der Waals surface area contributed by atoms with Crippen LogP contribution in [0.1, 0.15) is 5.56 Å². The van der Waals surface area contributed by atoms with Crippen molar-refractivity contribution < 1.29 is 14.1 Å². The maximum absolute atomic E-state index is 2.12. The molecule has 1 rings (SSSR count). The van der Waals surface area contributed by atoms with Crippen LogP contribution in [0.25, 0.3) is 0 Å². The van der Waals surface area contributed by atoms with Crippen molar-refractivity contribution in [3.63, 3.8) is 0 Å². The van der Waals surface area contributed by atoms with Crippen LogP contribution in [0.5, 0.6) is 0 Å². The Kier molecular flexibility index (Phi) is 16.4. The van der Waals surface area contributed by atoms with E-state index in [1.807, 2.05) is 14.1 Å². The Labute approximate surface area is 84.8 Å². The molecule has 0 aliphatic carbocycles. The van der Waals surface area contributed by atoms with E-state index in [9.17, 15) is 0 Å². The monoisotopic (exact) mass is 203 g/mol. The minimum atomic E-state index is 0. The molecule has 0 heterocycles. The second kappa shape index (κ2) is 9.96. The summed E-state index contributed by atoms with van der Waals surface area (Å²) in [5, 5.41) is 0. The van der Waals surface area contributed by atoms with Gasteiger partial charge >= 0.3 is 8.41 Å². The molecule has 1 aromatic rings. The van der Waals surface area contributed by atoms with E-state index in [0.29, 0.717) is 0 Å². The fourth-order valence-corrected chi connectivity index (χ4v) is 0.843. The van der Waals surface area contributed by atoms with E-state index in [4.69, 9.17) is 0 Å². The Bertz CT molecular complexity index is 214. The first-order valence-corrected chi connectivity index (χ1v) is 3.44. The van der Waals surface area contributed by atoms with E-state index < -0.39 is 0 Å². The molecule has 0 bridgehead atoms. The first-order chi connectivity index (χ1) is 4.70. The zero-order valence-corrected chi connectivity index (χ0v) is 8.47. The molecule has 0 aromatic heterocycles. The number of benzene rings is 1. The predicted molar refractivity (Wildman–Crippen MR) is 51.3 cm³/mol. The maximum Gasteiger partial charge on any atom is 3.00 e. The van der Waals surface area contributed by atoms with Gasteiger partial charge in [0.05, 0.1) is 0 Å². The van der Waals surface area contributed by atoms with Crippen LogP contribution in [-0.4, -0.2) is 22.5 Å². The smallest absolute Gasteiger partial charge is 1.00 e. The van der Waals surface area contributed by atoms with Crippen molar-refractivity contribution in [2.45, 2.75) is 6.92 Å². The van der Waals surface area contributed by atoms with E-state index in [-0.39, 0.29) is 22.5 Å². The maximum atomic E-state index is 2.12. The van der Waals surface area contributed by atoms with Crippen LogP contribution in [-0.2, 0) is 0 Å². The standard InChI is InChI=1S/C9H13N.B.3FH/c1-8-4-6-9(7-5-8)10(2)3;;;;/h4-7H,1-3H3;;3*1H/q;+3;;;/p-3. The molecule has 0 aliphatic heterocycles. The number of aryl methyl sites for hydroxylation is 1. The number of halogens is 3. The van der Waals surface area contributed by atoms with Crippen LogP contribution < -0.4 is 19.0 Å². The fraction of sp³-hybridized carbons (Fsp3) is 0.333. The normalized spacial score (nSPS) is 6.79. The summed E-state index contributed by atoms with van der Waals surface area (Å²) >= 11 is 0. The van der Waals surface area contributed by atoms with Gasteiger partial charge in [0.25, 0.3) is 0 Å². The fourth-order valence-electron chi connectivity index (χ4n) is 0.843. The molecule has 0 saturated heterocycles. The van der Waals surface area contributed by atoms with Crippen molar-refractivity contribution in [2.24, 2.45) is 0 Å². The quantitative estimate of drug-likeness (QED) is 0.410. The average molecular weight is 203 g/mol. The first kappa shape index (κ1) is 23.1. The van der Waals surface area contributed by atoms with Crippen molar-refractivity contribution in [1.82, 2.24) is 0 Å². The van der Waals surface area contributed by atoms with Crippen molar-refractivity contribution in [3.8, 4) is 0 Å². The summed E-state index contributed by atoms with van der Waals surface area (Å²) < 4.78 is 0. The molecule has 0 radical (unpaired) electrons. The first-order valence-electron chi connectivity index (χ1n) is 3.44. The van der Waals surface area contributed by atoms with E-state index in [1.165, 1.54) is 11.3 Å². The van der Waals surface area contributed by atoms with Gasteiger partial charge in [-0.1, -0.05) is 17.7 Å². The molecule has 14 heavy (non-hydrogen) atoms. The van der Waals surface area contributed by atoms with Crippen LogP contribution in [0, 0.1) is 6.92 Å². The molecular formula is C9H13BF3N. The van der Waals surface area contributed by atoms with Gasteiger partial charge in [-0.2, -0.15) is 0 Å². The van der Waals surface area contributed by atoms with Gasteiger partial charge in [-0.3, -0.25) is 0 Å². The van der Waals surface area contributed by atoms with Gasteiger partial charge < -0.3 is 19.0 Å².